The van der Waals surface area contributed by atoms with Gasteiger partial charge in [-0.05, 0) is 18.1 Å². The van der Waals surface area contributed by atoms with Gasteiger partial charge in [-0.1, -0.05) is 41.6 Å². The van der Waals surface area contributed by atoms with E-state index in [4.69, 9.17) is 0 Å². The van der Waals surface area contributed by atoms with Crippen LogP contribution in [0, 0.1) is 10.1 Å². The van der Waals surface area contributed by atoms with Crippen LogP contribution in [-0.2, 0) is 13.0 Å². The van der Waals surface area contributed by atoms with E-state index in [0.717, 1.165) is 24.2 Å². The molecule has 0 aliphatic carbocycles. The molecule has 0 N–H and O–H groups in total. The second kappa shape index (κ2) is 4.77. The van der Waals surface area contributed by atoms with Crippen LogP contribution >= 0.6 is 0 Å². The van der Waals surface area contributed by atoms with Gasteiger partial charge in [0, 0.05) is 18.2 Å². The normalized spacial score (nSPS) is 12.5. The molecule has 0 unspecified atom stereocenters. The smallest absolute Gasteiger partial charge is 0.258 e. The van der Waals surface area contributed by atoms with Crippen LogP contribution in [0.25, 0.3) is 22.5 Å². The van der Waals surface area contributed by atoms with Crippen LogP contribution in [0.5, 0.6) is 0 Å². The molecule has 22 heavy (non-hydrogen) atoms. The molecule has 0 bridgehead atoms. The molecule has 4 rings (SSSR count). The topological polar surface area (TPSA) is 73.8 Å². The Balaban J connectivity index is 1.98. The number of hydrogen-bond donors (Lipinski definition) is 0. The zero-order valence-electron chi connectivity index (χ0n) is 11.6. The summed E-state index contributed by atoms with van der Waals surface area (Å²) in [6, 6.07) is 14.7. The second-order valence-corrected chi connectivity index (χ2v) is 5.19. The number of benzene rings is 2. The molecule has 0 amide bonds. The number of nitro benzene ring substituents is 1. The van der Waals surface area contributed by atoms with Gasteiger partial charge in [-0.25, -0.2) is 4.68 Å². The van der Waals surface area contributed by atoms with E-state index in [9.17, 15) is 10.1 Å². The SMILES string of the molecule is O=[N+]([O-])c1ccccc1-c1nnn2c1-c1ccccc1CC2. The second-order valence-electron chi connectivity index (χ2n) is 5.19. The number of hydrogen-bond acceptors (Lipinski definition) is 4. The van der Waals surface area contributed by atoms with E-state index in [-0.39, 0.29) is 10.6 Å². The lowest BCUT2D eigenvalue weighted by molar-refractivity contribution is -0.384. The lowest BCUT2D eigenvalue weighted by Gasteiger charge is -2.17. The van der Waals surface area contributed by atoms with Crippen LogP contribution in [0.15, 0.2) is 48.5 Å². The van der Waals surface area contributed by atoms with Crippen molar-refractivity contribution in [2.75, 3.05) is 0 Å². The maximum atomic E-state index is 11.3. The van der Waals surface area contributed by atoms with Gasteiger partial charge in [-0.15, -0.1) is 5.10 Å². The molecule has 1 aliphatic heterocycles. The van der Waals surface area contributed by atoms with Gasteiger partial charge in [0.25, 0.3) is 5.69 Å². The number of para-hydroxylation sites is 1. The van der Waals surface area contributed by atoms with E-state index in [1.54, 1.807) is 18.2 Å². The molecule has 0 atom stereocenters. The first kappa shape index (κ1) is 12.7. The minimum atomic E-state index is -0.379. The van der Waals surface area contributed by atoms with Crippen molar-refractivity contribution in [1.29, 1.82) is 0 Å². The zero-order chi connectivity index (χ0) is 15.1. The number of aromatic nitrogens is 3. The van der Waals surface area contributed by atoms with Crippen molar-refractivity contribution in [2.24, 2.45) is 0 Å². The van der Waals surface area contributed by atoms with E-state index < -0.39 is 0 Å². The van der Waals surface area contributed by atoms with E-state index in [2.05, 4.69) is 16.4 Å². The Morgan fingerprint density at radius 3 is 2.59 bits per heavy atom. The third-order valence-electron chi connectivity index (χ3n) is 3.96. The molecule has 0 fully saturated rings. The first-order valence-corrected chi connectivity index (χ1v) is 7.01. The Bertz CT molecular complexity index is 885. The zero-order valence-corrected chi connectivity index (χ0v) is 11.6. The molecular weight excluding hydrogens is 280 g/mol. The first-order chi connectivity index (χ1) is 10.8. The van der Waals surface area contributed by atoms with Gasteiger partial charge in [0.05, 0.1) is 16.2 Å². The summed E-state index contributed by atoms with van der Waals surface area (Å²) in [5, 5.41) is 19.7. The van der Waals surface area contributed by atoms with Gasteiger partial charge in [-0.2, -0.15) is 0 Å². The predicted molar refractivity (Wildman–Crippen MR) is 81.3 cm³/mol. The third-order valence-corrected chi connectivity index (χ3v) is 3.96. The average molecular weight is 292 g/mol. The van der Waals surface area contributed by atoms with Gasteiger partial charge in [-0.3, -0.25) is 10.1 Å². The largest absolute Gasteiger partial charge is 0.278 e. The van der Waals surface area contributed by atoms with Crippen LogP contribution in [0.4, 0.5) is 5.69 Å². The average Bonchev–Trinajstić information content (AvgIpc) is 2.99. The molecule has 0 radical (unpaired) electrons. The highest BCUT2D eigenvalue weighted by Gasteiger charge is 2.26. The van der Waals surface area contributed by atoms with Gasteiger partial charge in [0.1, 0.15) is 5.69 Å². The molecule has 0 saturated heterocycles. The lowest BCUT2D eigenvalue weighted by Crippen LogP contribution is -2.12. The Hall–Kier alpha value is -3.02. The summed E-state index contributed by atoms with van der Waals surface area (Å²) in [6.45, 7) is 0.736. The van der Waals surface area contributed by atoms with Gasteiger partial charge in [0.2, 0.25) is 0 Å². The van der Waals surface area contributed by atoms with Crippen molar-refractivity contribution >= 4 is 5.69 Å². The first-order valence-electron chi connectivity index (χ1n) is 7.01. The summed E-state index contributed by atoms with van der Waals surface area (Å²) in [5.41, 5.74) is 4.25. The highest BCUT2D eigenvalue weighted by atomic mass is 16.6. The van der Waals surface area contributed by atoms with Crippen molar-refractivity contribution in [3.63, 3.8) is 0 Å². The Labute approximate surface area is 126 Å². The van der Waals surface area contributed by atoms with Gasteiger partial charge in [0.15, 0.2) is 0 Å². The summed E-state index contributed by atoms with van der Waals surface area (Å²) >= 11 is 0. The highest BCUT2D eigenvalue weighted by molar-refractivity contribution is 5.84. The summed E-state index contributed by atoms with van der Waals surface area (Å²) in [5.74, 6) is 0. The van der Waals surface area contributed by atoms with E-state index in [1.165, 1.54) is 11.6 Å². The minimum absolute atomic E-state index is 0.0499. The van der Waals surface area contributed by atoms with Crippen LogP contribution in [0.3, 0.4) is 0 Å². The summed E-state index contributed by atoms with van der Waals surface area (Å²) in [4.78, 5) is 10.9. The van der Waals surface area contributed by atoms with Crippen LogP contribution in [0.1, 0.15) is 5.56 Å². The van der Waals surface area contributed by atoms with Crippen LogP contribution in [0.2, 0.25) is 0 Å². The van der Waals surface area contributed by atoms with E-state index in [0.29, 0.717) is 11.3 Å². The van der Waals surface area contributed by atoms with Crippen molar-refractivity contribution in [3.8, 4) is 22.5 Å². The fraction of sp³-hybridized carbons (Fsp3) is 0.125. The number of nitrogens with zero attached hydrogens (tertiary/aromatic N) is 4. The highest BCUT2D eigenvalue weighted by Crippen LogP contribution is 2.38. The fourth-order valence-electron chi connectivity index (χ4n) is 2.95. The Morgan fingerprint density at radius 2 is 1.77 bits per heavy atom. The molecule has 1 aliphatic rings. The van der Waals surface area contributed by atoms with Gasteiger partial charge < -0.3 is 0 Å². The van der Waals surface area contributed by atoms with E-state index >= 15 is 0 Å². The summed E-state index contributed by atoms with van der Waals surface area (Å²) < 4.78 is 1.83. The van der Waals surface area contributed by atoms with Gasteiger partial charge >= 0.3 is 0 Å². The van der Waals surface area contributed by atoms with Crippen molar-refractivity contribution < 1.29 is 4.92 Å². The summed E-state index contributed by atoms with van der Waals surface area (Å²) in [7, 11) is 0. The molecule has 0 spiro atoms. The number of rotatable bonds is 2. The standard InChI is InChI=1S/C16H12N4O2/c21-20(22)14-8-4-3-7-13(14)15-16-12-6-2-1-5-11(12)9-10-19(16)18-17-15/h1-8H,9-10H2. The summed E-state index contributed by atoms with van der Waals surface area (Å²) in [6.07, 6.45) is 0.892. The number of fused-ring (bicyclic) bond motifs is 3. The van der Waals surface area contributed by atoms with Crippen molar-refractivity contribution in [1.82, 2.24) is 15.0 Å². The Kier molecular flexibility index (Phi) is 2.75. The molecule has 6 nitrogen and oxygen atoms in total. The van der Waals surface area contributed by atoms with Crippen molar-refractivity contribution in [2.45, 2.75) is 13.0 Å². The molecular formula is C16H12N4O2. The van der Waals surface area contributed by atoms with Crippen LogP contribution < -0.4 is 0 Å². The Morgan fingerprint density at radius 1 is 1.05 bits per heavy atom. The number of nitro groups is 1. The van der Waals surface area contributed by atoms with E-state index in [1.807, 2.05) is 22.9 Å². The molecule has 1 aromatic heterocycles. The third kappa shape index (κ3) is 1.81. The molecule has 108 valence electrons. The molecule has 2 aromatic carbocycles. The quantitative estimate of drug-likeness (QED) is 0.537. The van der Waals surface area contributed by atoms with Crippen LogP contribution in [-0.4, -0.2) is 19.9 Å². The fourth-order valence-corrected chi connectivity index (χ4v) is 2.95. The lowest BCUT2D eigenvalue weighted by atomic mass is 9.95. The molecule has 0 saturated carbocycles. The number of aryl methyl sites for hydroxylation is 2. The molecule has 2 heterocycles. The minimum Gasteiger partial charge on any atom is -0.258 e. The molecule has 6 heteroatoms. The molecule has 3 aromatic rings. The predicted octanol–water partition coefficient (Wildman–Crippen LogP) is 3.08. The maximum Gasteiger partial charge on any atom is 0.278 e. The maximum absolute atomic E-state index is 11.3. The van der Waals surface area contributed by atoms with Crippen molar-refractivity contribution in [3.05, 3.63) is 64.2 Å². The monoisotopic (exact) mass is 292 g/mol.